The van der Waals surface area contributed by atoms with E-state index in [2.05, 4.69) is 19.9 Å². The minimum atomic E-state index is -0.183. The predicted molar refractivity (Wildman–Crippen MR) is 94.1 cm³/mol. The molecule has 0 fully saturated rings. The summed E-state index contributed by atoms with van der Waals surface area (Å²) in [6.07, 6.45) is 9.95. The Bertz CT molecular complexity index is 1040. The summed E-state index contributed by atoms with van der Waals surface area (Å²) in [7, 11) is 0. The van der Waals surface area contributed by atoms with Gasteiger partial charge in [-0.05, 0) is 42.5 Å². The molecule has 0 amide bonds. The van der Waals surface area contributed by atoms with Gasteiger partial charge in [-0.15, -0.1) is 0 Å². The molecule has 25 heavy (non-hydrogen) atoms. The van der Waals surface area contributed by atoms with Crippen LogP contribution in [-0.4, -0.2) is 24.5 Å². The second kappa shape index (κ2) is 6.45. The monoisotopic (exact) mass is 327 g/mol. The number of rotatable bonds is 3. The Morgan fingerprint density at radius 3 is 2.16 bits per heavy atom. The number of hydrogen-bond acceptors (Lipinski definition) is 5. The lowest BCUT2D eigenvalue weighted by Crippen LogP contribution is -2.20. The second-order valence-corrected chi connectivity index (χ2v) is 5.31. The van der Waals surface area contributed by atoms with Crippen LogP contribution >= 0.6 is 0 Å². The lowest BCUT2D eigenvalue weighted by atomic mass is 10.1. The first-order valence-electron chi connectivity index (χ1n) is 7.69. The van der Waals surface area contributed by atoms with Crippen molar-refractivity contribution in [3.8, 4) is 28.3 Å². The van der Waals surface area contributed by atoms with E-state index in [4.69, 9.17) is 0 Å². The van der Waals surface area contributed by atoms with Gasteiger partial charge in [0.05, 0.1) is 0 Å². The topological polar surface area (TPSA) is 73.6 Å². The van der Waals surface area contributed by atoms with Crippen LogP contribution in [0.4, 0.5) is 0 Å². The van der Waals surface area contributed by atoms with Crippen molar-refractivity contribution in [3.05, 3.63) is 90.0 Å². The maximum atomic E-state index is 12.8. The summed E-state index contributed by atoms with van der Waals surface area (Å²) >= 11 is 0. The zero-order valence-corrected chi connectivity index (χ0v) is 13.1. The molecule has 0 aliphatic rings. The van der Waals surface area contributed by atoms with E-state index in [0.717, 1.165) is 16.8 Å². The molecule has 0 saturated carbocycles. The van der Waals surface area contributed by atoms with Crippen LogP contribution in [0.25, 0.3) is 28.3 Å². The van der Waals surface area contributed by atoms with Crippen molar-refractivity contribution in [2.45, 2.75) is 0 Å². The third kappa shape index (κ3) is 2.92. The third-order valence-electron chi connectivity index (χ3n) is 3.76. The van der Waals surface area contributed by atoms with Crippen LogP contribution in [-0.2, 0) is 0 Å². The van der Waals surface area contributed by atoms with Crippen LogP contribution in [0.15, 0.2) is 84.4 Å². The fourth-order valence-electron chi connectivity index (χ4n) is 2.54. The minimum Gasteiger partial charge on any atom is -0.281 e. The zero-order chi connectivity index (χ0) is 17.1. The summed E-state index contributed by atoms with van der Waals surface area (Å²) in [5.41, 5.74) is 2.59. The summed E-state index contributed by atoms with van der Waals surface area (Å²) in [6, 6.07) is 12.8. The summed E-state index contributed by atoms with van der Waals surface area (Å²) in [6.45, 7) is 0. The Hall–Kier alpha value is -3.67. The van der Waals surface area contributed by atoms with E-state index < -0.39 is 0 Å². The Morgan fingerprint density at radius 2 is 1.44 bits per heavy atom. The molecule has 3 aromatic heterocycles. The first-order valence-corrected chi connectivity index (χ1v) is 7.69. The third-order valence-corrected chi connectivity index (χ3v) is 3.76. The summed E-state index contributed by atoms with van der Waals surface area (Å²) in [4.78, 5) is 29.4. The van der Waals surface area contributed by atoms with Gasteiger partial charge in [-0.2, -0.15) is 0 Å². The number of benzene rings is 1. The maximum absolute atomic E-state index is 12.8. The lowest BCUT2D eigenvalue weighted by Gasteiger charge is -2.08. The van der Waals surface area contributed by atoms with Gasteiger partial charge >= 0.3 is 0 Å². The van der Waals surface area contributed by atoms with Gasteiger partial charge in [0.25, 0.3) is 5.56 Å². The van der Waals surface area contributed by atoms with Gasteiger partial charge in [0.1, 0.15) is 5.69 Å². The minimum absolute atomic E-state index is 0.183. The van der Waals surface area contributed by atoms with E-state index in [9.17, 15) is 4.79 Å². The summed E-state index contributed by atoms with van der Waals surface area (Å²) < 4.78 is 1.57. The average molecular weight is 327 g/mol. The molecule has 0 aliphatic heterocycles. The van der Waals surface area contributed by atoms with Gasteiger partial charge in [-0.3, -0.25) is 14.3 Å². The predicted octanol–water partition coefficient (Wildman–Crippen LogP) is 2.75. The Kier molecular flexibility index (Phi) is 3.84. The quantitative estimate of drug-likeness (QED) is 0.578. The van der Waals surface area contributed by atoms with E-state index >= 15 is 0 Å². The molecule has 0 radical (unpaired) electrons. The smallest absolute Gasteiger partial charge is 0.281 e. The highest BCUT2D eigenvalue weighted by atomic mass is 16.1. The highest BCUT2D eigenvalue weighted by Gasteiger charge is 2.09. The van der Waals surface area contributed by atoms with E-state index in [1.807, 2.05) is 24.3 Å². The van der Waals surface area contributed by atoms with Crippen LogP contribution in [0, 0.1) is 0 Å². The van der Waals surface area contributed by atoms with Crippen molar-refractivity contribution in [1.29, 1.82) is 0 Å². The molecule has 0 atom stereocenters. The van der Waals surface area contributed by atoms with Gasteiger partial charge in [0, 0.05) is 54.0 Å². The van der Waals surface area contributed by atoms with Crippen LogP contribution < -0.4 is 5.56 Å². The molecule has 1 aromatic carbocycles. The van der Waals surface area contributed by atoms with Crippen molar-refractivity contribution >= 4 is 0 Å². The molecule has 0 bridgehead atoms. The van der Waals surface area contributed by atoms with Gasteiger partial charge in [-0.25, -0.2) is 15.0 Å². The summed E-state index contributed by atoms with van der Waals surface area (Å²) in [5, 5.41) is 0. The first kappa shape index (κ1) is 14.9. The van der Waals surface area contributed by atoms with Gasteiger partial charge in [-0.1, -0.05) is 0 Å². The van der Waals surface area contributed by atoms with Crippen molar-refractivity contribution in [3.63, 3.8) is 0 Å². The van der Waals surface area contributed by atoms with Gasteiger partial charge in [0.2, 0.25) is 0 Å². The van der Waals surface area contributed by atoms with E-state index in [-0.39, 0.29) is 5.56 Å². The van der Waals surface area contributed by atoms with Gasteiger partial charge < -0.3 is 0 Å². The fourth-order valence-corrected chi connectivity index (χ4v) is 2.54. The molecule has 4 aromatic rings. The van der Waals surface area contributed by atoms with Crippen LogP contribution in [0.2, 0.25) is 0 Å². The number of aromatic nitrogens is 5. The molecule has 0 aliphatic carbocycles. The molecule has 6 nitrogen and oxygen atoms in total. The number of hydrogen-bond donors (Lipinski definition) is 0. The van der Waals surface area contributed by atoms with E-state index in [0.29, 0.717) is 11.5 Å². The molecule has 0 N–H and O–H groups in total. The van der Waals surface area contributed by atoms with Crippen LogP contribution in [0.5, 0.6) is 0 Å². The molecule has 120 valence electrons. The standard InChI is InChI=1S/C19H13N5O/c25-19-17(14-6-10-20-11-7-14)21-12-13-24(19)16-4-2-15(3-5-16)18-22-8-1-9-23-18/h1-13H. The number of nitrogens with zero attached hydrogens (tertiary/aromatic N) is 5. The molecule has 4 rings (SSSR count). The van der Waals surface area contributed by atoms with Crippen LogP contribution in [0.1, 0.15) is 0 Å². The van der Waals surface area contributed by atoms with Crippen LogP contribution in [0.3, 0.4) is 0 Å². The largest absolute Gasteiger partial charge is 0.281 e. The molecule has 6 heteroatoms. The highest BCUT2D eigenvalue weighted by molar-refractivity contribution is 5.59. The highest BCUT2D eigenvalue weighted by Crippen LogP contribution is 2.17. The summed E-state index contributed by atoms with van der Waals surface area (Å²) in [5.74, 6) is 0.647. The average Bonchev–Trinajstić information content (AvgIpc) is 2.70. The Morgan fingerprint density at radius 1 is 0.720 bits per heavy atom. The normalized spacial score (nSPS) is 10.6. The second-order valence-electron chi connectivity index (χ2n) is 5.31. The SMILES string of the molecule is O=c1c(-c2ccncc2)nccn1-c1ccc(-c2ncccn2)cc1. The van der Waals surface area contributed by atoms with Crippen molar-refractivity contribution in [2.24, 2.45) is 0 Å². The maximum Gasteiger partial charge on any atom is 0.281 e. The first-order chi connectivity index (χ1) is 12.3. The molecular formula is C19H13N5O. The van der Waals surface area contributed by atoms with E-state index in [1.54, 1.807) is 59.9 Å². The Labute approximate surface area is 143 Å². The molecular weight excluding hydrogens is 314 g/mol. The number of pyridine rings is 1. The van der Waals surface area contributed by atoms with Gasteiger partial charge in [0.15, 0.2) is 5.82 Å². The molecule has 3 heterocycles. The fraction of sp³-hybridized carbons (Fsp3) is 0. The molecule has 0 saturated heterocycles. The Balaban J connectivity index is 1.75. The van der Waals surface area contributed by atoms with E-state index in [1.165, 1.54) is 0 Å². The van der Waals surface area contributed by atoms with Crippen molar-refractivity contribution < 1.29 is 0 Å². The molecule has 0 unspecified atom stereocenters. The lowest BCUT2D eigenvalue weighted by molar-refractivity contribution is 0.961. The van der Waals surface area contributed by atoms with Crippen molar-refractivity contribution in [2.75, 3.05) is 0 Å². The van der Waals surface area contributed by atoms with Crippen molar-refractivity contribution in [1.82, 2.24) is 24.5 Å². The zero-order valence-electron chi connectivity index (χ0n) is 13.1. The molecule has 0 spiro atoms.